The van der Waals surface area contributed by atoms with E-state index in [2.05, 4.69) is 34.5 Å². The van der Waals surface area contributed by atoms with E-state index >= 15 is 0 Å². The lowest BCUT2D eigenvalue weighted by Crippen LogP contribution is -2.46. The predicted octanol–water partition coefficient (Wildman–Crippen LogP) is 2.71. The number of benzene rings is 1. The fourth-order valence-electron chi connectivity index (χ4n) is 4.11. The Labute approximate surface area is 151 Å². The molecule has 2 amide bonds. The number of nitrogens with one attached hydrogen (secondary N) is 1. The maximum absolute atomic E-state index is 12.5. The standard InChI is InChI=1S/C20H31N3O2/c1-22(18-9-7-16(15-24)8-10-18)20(25)21-13-17-11-12-23(14-17)19-5-3-2-4-6-19/h2-6,16-18,24H,7-15H2,1H3,(H,21,25). The number of aliphatic hydroxyl groups excluding tert-OH is 1. The number of aliphatic hydroxyl groups is 1. The summed E-state index contributed by atoms with van der Waals surface area (Å²) < 4.78 is 0. The molecule has 2 aliphatic rings. The van der Waals surface area contributed by atoms with Crippen molar-refractivity contribution in [3.8, 4) is 0 Å². The molecule has 25 heavy (non-hydrogen) atoms. The lowest BCUT2D eigenvalue weighted by molar-refractivity contribution is 0.133. The summed E-state index contributed by atoms with van der Waals surface area (Å²) >= 11 is 0. The molecule has 1 saturated carbocycles. The number of nitrogens with zero attached hydrogens (tertiary/aromatic N) is 2. The largest absolute Gasteiger partial charge is 0.396 e. The summed E-state index contributed by atoms with van der Waals surface area (Å²) in [6.45, 7) is 3.10. The van der Waals surface area contributed by atoms with Gasteiger partial charge in [0.2, 0.25) is 0 Å². The van der Waals surface area contributed by atoms with Gasteiger partial charge in [-0.3, -0.25) is 0 Å². The minimum Gasteiger partial charge on any atom is -0.396 e. The van der Waals surface area contributed by atoms with Crippen molar-refractivity contribution in [1.29, 1.82) is 0 Å². The third-order valence-corrected chi connectivity index (χ3v) is 5.89. The van der Waals surface area contributed by atoms with Gasteiger partial charge in [-0.2, -0.15) is 0 Å². The number of urea groups is 1. The van der Waals surface area contributed by atoms with Crippen LogP contribution in [-0.2, 0) is 0 Å². The summed E-state index contributed by atoms with van der Waals surface area (Å²) in [4.78, 5) is 16.7. The monoisotopic (exact) mass is 345 g/mol. The molecule has 1 aliphatic carbocycles. The van der Waals surface area contributed by atoms with E-state index in [1.54, 1.807) is 0 Å². The van der Waals surface area contributed by atoms with Gasteiger partial charge in [-0.1, -0.05) is 18.2 Å². The van der Waals surface area contributed by atoms with E-state index < -0.39 is 0 Å². The van der Waals surface area contributed by atoms with Crippen LogP contribution in [0.15, 0.2) is 30.3 Å². The molecule has 1 heterocycles. The van der Waals surface area contributed by atoms with Crippen molar-refractivity contribution < 1.29 is 9.90 Å². The second kappa shape index (κ2) is 8.56. The molecule has 0 bridgehead atoms. The van der Waals surface area contributed by atoms with E-state index in [0.29, 0.717) is 17.9 Å². The van der Waals surface area contributed by atoms with Crippen molar-refractivity contribution in [2.75, 3.05) is 38.2 Å². The zero-order valence-electron chi connectivity index (χ0n) is 15.2. The first kappa shape index (κ1) is 18.1. The topological polar surface area (TPSA) is 55.8 Å². The molecule has 1 saturated heterocycles. The molecule has 1 aliphatic heterocycles. The molecular weight excluding hydrogens is 314 g/mol. The SMILES string of the molecule is CN(C(=O)NCC1CCN(c2ccccc2)C1)C1CCC(CO)CC1. The van der Waals surface area contributed by atoms with E-state index in [1.165, 1.54) is 5.69 Å². The van der Waals surface area contributed by atoms with Gasteiger partial charge in [-0.15, -0.1) is 0 Å². The molecule has 2 fully saturated rings. The van der Waals surface area contributed by atoms with Gasteiger partial charge in [0, 0.05) is 45.0 Å². The summed E-state index contributed by atoms with van der Waals surface area (Å²) in [7, 11) is 1.91. The van der Waals surface area contributed by atoms with Gasteiger partial charge in [-0.05, 0) is 56.1 Å². The Morgan fingerprint density at radius 3 is 2.56 bits per heavy atom. The zero-order chi connectivity index (χ0) is 17.6. The maximum atomic E-state index is 12.5. The van der Waals surface area contributed by atoms with Crippen LogP contribution in [0.3, 0.4) is 0 Å². The minimum absolute atomic E-state index is 0.0469. The fourth-order valence-corrected chi connectivity index (χ4v) is 4.11. The van der Waals surface area contributed by atoms with Gasteiger partial charge in [0.05, 0.1) is 0 Å². The van der Waals surface area contributed by atoms with Gasteiger partial charge in [-0.25, -0.2) is 4.79 Å². The Morgan fingerprint density at radius 1 is 1.16 bits per heavy atom. The Kier molecular flexibility index (Phi) is 6.19. The highest BCUT2D eigenvalue weighted by Gasteiger charge is 2.27. The van der Waals surface area contributed by atoms with Gasteiger partial charge < -0.3 is 20.2 Å². The van der Waals surface area contributed by atoms with Crippen LogP contribution in [0.4, 0.5) is 10.5 Å². The Balaban J connectivity index is 1.40. The minimum atomic E-state index is 0.0469. The third-order valence-electron chi connectivity index (χ3n) is 5.89. The molecular formula is C20H31N3O2. The number of carbonyl (C=O) groups is 1. The van der Waals surface area contributed by atoms with Crippen LogP contribution in [-0.4, -0.2) is 55.4 Å². The number of hydrogen-bond acceptors (Lipinski definition) is 3. The van der Waals surface area contributed by atoms with Crippen LogP contribution in [0.2, 0.25) is 0 Å². The van der Waals surface area contributed by atoms with Crippen LogP contribution in [0.5, 0.6) is 0 Å². The first-order valence-electron chi connectivity index (χ1n) is 9.59. The lowest BCUT2D eigenvalue weighted by atomic mass is 9.86. The smallest absolute Gasteiger partial charge is 0.317 e. The quantitative estimate of drug-likeness (QED) is 0.863. The maximum Gasteiger partial charge on any atom is 0.317 e. The first-order chi connectivity index (χ1) is 12.2. The van der Waals surface area contributed by atoms with E-state index in [-0.39, 0.29) is 12.6 Å². The molecule has 0 radical (unpaired) electrons. The highest BCUT2D eigenvalue weighted by molar-refractivity contribution is 5.74. The Hall–Kier alpha value is -1.75. The number of hydrogen-bond donors (Lipinski definition) is 2. The molecule has 138 valence electrons. The first-order valence-corrected chi connectivity index (χ1v) is 9.59. The van der Waals surface area contributed by atoms with Crippen LogP contribution in [0.25, 0.3) is 0 Å². The lowest BCUT2D eigenvalue weighted by Gasteiger charge is -2.34. The Bertz CT molecular complexity index is 543. The van der Waals surface area contributed by atoms with Crippen molar-refractivity contribution in [2.24, 2.45) is 11.8 Å². The van der Waals surface area contributed by atoms with Gasteiger partial charge in [0.25, 0.3) is 0 Å². The van der Waals surface area contributed by atoms with Crippen LogP contribution in [0.1, 0.15) is 32.1 Å². The summed E-state index contributed by atoms with van der Waals surface area (Å²) in [6.07, 6.45) is 5.17. The summed E-state index contributed by atoms with van der Waals surface area (Å²) in [5, 5.41) is 12.4. The average Bonchev–Trinajstić information content (AvgIpc) is 3.15. The second-order valence-electron chi connectivity index (χ2n) is 7.59. The van der Waals surface area contributed by atoms with Crippen molar-refractivity contribution in [3.63, 3.8) is 0 Å². The van der Waals surface area contributed by atoms with Crippen molar-refractivity contribution in [1.82, 2.24) is 10.2 Å². The van der Waals surface area contributed by atoms with Crippen LogP contribution >= 0.6 is 0 Å². The summed E-state index contributed by atoms with van der Waals surface area (Å²) in [5.41, 5.74) is 1.27. The van der Waals surface area contributed by atoms with E-state index in [9.17, 15) is 9.90 Å². The van der Waals surface area contributed by atoms with E-state index in [0.717, 1.165) is 51.7 Å². The summed E-state index contributed by atoms with van der Waals surface area (Å²) in [5.74, 6) is 0.942. The normalized spacial score (nSPS) is 26.5. The van der Waals surface area contributed by atoms with Crippen LogP contribution < -0.4 is 10.2 Å². The van der Waals surface area contributed by atoms with Gasteiger partial charge >= 0.3 is 6.03 Å². The number of rotatable bonds is 5. The average molecular weight is 345 g/mol. The molecule has 5 nitrogen and oxygen atoms in total. The van der Waals surface area contributed by atoms with E-state index in [4.69, 9.17) is 0 Å². The number of carbonyl (C=O) groups excluding carboxylic acids is 1. The second-order valence-corrected chi connectivity index (χ2v) is 7.59. The zero-order valence-corrected chi connectivity index (χ0v) is 15.2. The molecule has 3 rings (SSSR count). The molecule has 1 aromatic carbocycles. The fraction of sp³-hybridized carbons (Fsp3) is 0.650. The number of anilines is 1. The molecule has 0 aromatic heterocycles. The van der Waals surface area contributed by atoms with Crippen LogP contribution in [0, 0.1) is 11.8 Å². The van der Waals surface area contributed by atoms with Gasteiger partial charge in [0.15, 0.2) is 0 Å². The van der Waals surface area contributed by atoms with Crippen molar-refractivity contribution in [3.05, 3.63) is 30.3 Å². The highest BCUT2D eigenvalue weighted by Crippen LogP contribution is 2.27. The summed E-state index contributed by atoms with van der Waals surface area (Å²) in [6, 6.07) is 10.9. The highest BCUT2D eigenvalue weighted by atomic mass is 16.3. The van der Waals surface area contributed by atoms with Crippen molar-refractivity contribution in [2.45, 2.75) is 38.1 Å². The third kappa shape index (κ3) is 4.66. The van der Waals surface area contributed by atoms with Gasteiger partial charge in [0.1, 0.15) is 0 Å². The molecule has 1 unspecified atom stereocenters. The molecule has 2 N–H and O–H groups in total. The van der Waals surface area contributed by atoms with Crippen molar-refractivity contribution >= 4 is 11.7 Å². The van der Waals surface area contributed by atoms with E-state index in [1.807, 2.05) is 18.0 Å². The number of amides is 2. The Morgan fingerprint density at radius 2 is 1.88 bits per heavy atom. The predicted molar refractivity (Wildman–Crippen MR) is 101 cm³/mol. The molecule has 1 aromatic rings. The molecule has 1 atom stereocenters. The molecule has 5 heteroatoms. The molecule has 0 spiro atoms. The number of para-hydroxylation sites is 1.